The van der Waals surface area contributed by atoms with E-state index in [9.17, 15) is 0 Å². The molecule has 1 rings (SSSR count). The molecular weight excluding hydrogens is 156 g/mol. The minimum Gasteiger partial charge on any atom is -0.361 e. The SMILES string of the molecule is [NH]C(=S)NCC1CCCCC1. The molecule has 1 aliphatic carbocycles. The maximum absolute atomic E-state index is 7.02. The second kappa shape index (κ2) is 4.54. The van der Waals surface area contributed by atoms with Gasteiger partial charge >= 0.3 is 0 Å². The smallest absolute Gasteiger partial charge is 0.185 e. The maximum atomic E-state index is 7.02. The summed E-state index contributed by atoms with van der Waals surface area (Å²) in [6.07, 6.45) is 6.74. The molecule has 0 spiro atoms. The lowest BCUT2D eigenvalue weighted by Gasteiger charge is -2.21. The summed E-state index contributed by atoms with van der Waals surface area (Å²) in [7, 11) is 0. The van der Waals surface area contributed by atoms with Crippen LogP contribution in [0.3, 0.4) is 0 Å². The standard InChI is InChI=1S/C8H15N2S/c9-8(11)10-6-7-4-2-1-3-5-7/h7,9H,1-6H2,(H,10,11). The molecule has 2 N–H and O–H groups in total. The van der Waals surface area contributed by atoms with Gasteiger partial charge in [0.2, 0.25) is 0 Å². The lowest BCUT2D eigenvalue weighted by Crippen LogP contribution is -2.29. The van der Waals surface area contributed by atoms with Gasteiger partial charge in [-0.1, -0.05) is 19.3 Å². The first-order valence-electron chi connectivity index (χ1n) is 4.28. The lowest BCUT2D eigenvalue weighted by molar-refractivity contribution is 0.357. The highest BCUT2D eigenvalue weighted by atomic mass is 32.1. The van der Waals surface area contributed by atoms with E-state index in [1.54, 1.807) is 0 Å². The minimum absolute atomic E-state index is 0.190. The van der Waals surface area contributed by atoms with E-state index in [-0.39, 0.29) is 5.11 Å². The zero-order valence-corrected chi connectivity index (χ0v) is 7.54. The van der Waals surface area contributed by atoms with Crippen molar-refractivity contribution in [2.75, 3.05) is 6.54 Å². The zero-order valence-electron chi connectivity index (χ0n) is 6.73. The van der Waals surface area contributed by atoms with E-state index in [4.69, 9.17) is 5.73 Å². The Hall–Kier alpha value is -0.310. The second-order valence-corrected chi connectivity index (χ2v) is 3.62. The lowest BCUT2D eigenvalue weighted by atomic mass is 9.89. The molecule has 0 aromatic rings. The molecule has 11 heavy (non-hydrogen) atoms. The van der Waals surface area contributed by atoms with Gasteiger partial charge in [0, 0.05) is 6.54 Å². The van der Waals surface area contributed by atoms with Gasteiger partial charge in [0.25, 0.3) is 0 Å². The van der Waals surface area contributed by atoms with Crippen LogP contribution in [0.4, 0.5) is 0 Å². The van der Waals surface area contributed by atoms with E-state index in [0.717, 1.165) is 12.5 Å². The highest BCUT2D eigenvalue weighted by Gasteiger charge is 2.12. The van der Waals surface area contributed by atoms with E-state index in [1.807, 2.05) is 0 Å². The van der Waals surface area contributed by atoms with Crippen molar-refractivity contribution in [1.82, 2.24) is 11.1 Å². The molecule has 1 saturated carbocycles. The largest absolute Gasteiger partial charge is 0.361 e. The Morgan fingerprint density at radius 3 is 2.55 bits per heavy atom. The summed E-state index contributed by atoms with van der Waals surface area (Å²) in [5.74, 6) is 0.770. The van der Waals surface area contributed by atoms with Crippen LogP contribution in [-0.4, -0.2) is 11.7 Å². The van der Waals surface area contributed by atoms with Crippen LogP contribution in [0.2, 0.25) is 0 Å². The highest BCUT2D eigenvalue weighted by Crippen LogP contribution is 2.22. The molecule has 3 heteroatoms. The molecule has 1 radical (unpaired) electrons. The van der Waals surface area contributed by atoms with Crippen LogP contribution in [0.15, 0.2) is 0 Å². The molecule has 2 nitrogen and oxygen atoms in total. The number of nitrogens with one attached hydrogen (secondary N) is 2. The number of hydrogen-bond acceptors (Lipinski definition) is 1. The van der Waals surface area contributed by atoms with Crippen molar-refractivity contribution >= 4 is 17.3 Å². The first kappa shape index (κ1) is 8.78. The Labute approximate surface area is 73.5 Å². The van der Waals surface area contributed by atoms with Crippen LogP contribution in [-0.2, 0) is 0 Å². The fourth-order valence-electron chi connectivity index (χ4n) is 1.63. The van der Waals surface area contributed by atoms with Crippen molar-refractivity contribution in [1.29, 1.82) is 0 Å². The van der Waals surface area contributed by atoms with Crippen molar-refractivity contribution in [3.8, 4) is 0 Å². The average molecular weight is 171 g/mol. The van der Waals surface area contributed by atoms with Gasteiger partial charge in [-0.25, -0.2) is 0 Å². The van der Waals surface area contributed by atoms with Crippen LogP contribution in [0.5, 0.6) is 0 Å². The quantitative estimate of drug-likeness (QED) is 0.642. The Kier molecular flexibility index (Phi) is 3.63. The summed E-state index contributed by atoms with van der Waals surface area (Å²) < 4.78 is 0. The molecular formula is C8H15N2S. The van der Waals surface area contributed by atoms with Crippen LogP contribution in [0.25, 0.3) is 0 Å². The first-order chi connectivity index (χ1) is 5.29. The Balaban J connectivity index is 2.09. The van der Waals surface area contributed by atoms with Gasteiger partial charge in [0.05, 0.1) is 0 Å². The van der Waals surface area contributed by atoms with Crippen LogP contribution >= 0.6 is 12.2 Å². The fraction of sp³-hybridized carbons (Fsp3) is 0.875. The molecule has 63 valence electrons. The molecule has 0 aromatic carbocycles. The Bertz CT molecular complexity index is 130. The minimum atomic E-state index is 0.190. The summed E-state index contributed by atoms with van der Waals surface area (Å²) in [6, 6.07) is 0. The Morgan fingerprint density at radius 2 is 2.00 bits per heavy atom. The molecule has 0 heterocycles. The summed E-state index contributed by atoms with van der Waals surface area (Å²) in [4.78, 5) is 0. The molecule has 0 bridgehead atoms. The van der Waals surface area contributed by atoms with Gasteiger partial charge in [-0.15, -0.1) is 0 Å². The third-order valence-corrected chi connectivity index (χ3v) is 2.42. The van der Waals surface area contributed by atoms with E-state index in [2.05, 4.69) is 17.5 Å². The van der Waals surface area contributed by atoms with Gasteiger partial charge in [0.1, 0.15) is 0 Å². The van der Waals surface area contributed by atoms with Gasteiger partial charge in [-0.05, 0) is 31.0 Å². The molecule has 0 aliphatic heterocycles. The molecule has 1 aliphatic rings. The highest BCUT2D eigenvalue weighted by molar-refractivity contribution is 7.80. The van der Waals surface area contributed by atoms with Gasteiger partial charge in [-0.3, -0.25) is 5.73 Å². The van der Waals surface area contributed by atoms with Crippen molar-refractivity contribution in [3.05, 3.63) is 0 Å². The van der Waals surface area contributed by atoms with Crippen LogP contribution < -0.4 is 11.1 Å². The topological polar surface area (TPSA) is 35.8 Å². The predicted octanol–water partition coefficient (Wildman–Crippen LogP) is 1.72. The molecule has 1 fully saturated rings. The van der Waals surface area contributed by atoms with Crippen LogP contribution in [0.1, 0.15) is 32.1 Å². The number of hydrogen-bond donors (Lipinski definition) is 1. The average Bonchev–Trinajstić information content (AvgIpc) is 2.03. The monoisotopic (exact) mass is 171 g/mol. The van der Waals surface area contributed by atoms with E-state index >= 15 is 0 Å². The summed E-state index contributed by atoms with van der Waals surface area (Å²) in [5.41, 5.74) is 7.02. The van der Waals surface area contributed by atoms with Crippen LogP contribution in [0, 0.1) is 5.92 Å². The van der Waals surface area contributed by atoms with Gasteiger partial charge in [0.15, 0.2) is 5.11 Å². The molecule has 0 atom stereocenters. The zero-order chi connectivity index (χ0) is 8.10. The Morgan fingerprint density at radius 1 is 1.36 bits per heavy atom. The van der Waals surface area contributed by atoms with E-state index in [0.29, 0.717) is 0 Å². The van der Waals surface area contributed by atoms with Gasteiger partial charge in [-0.2, -0.15) is 0 Å². The van der Waals surface area contributed by atoms with E-state index in [1.165, 1.54) is 32.1 Å². The summed E-state index contributed by atoms with van der Waals surface area (Å²) in [5, 5.41) is 3.10. The van der Waals surface area contributed by atoms with Gasteiger partial charge < -0.3 is 5.32 Å². The third-order valence-electron chi connectivity index (χ3n) is 2.28. The number of rotatable bonds is 2. The van der Waals surface area contributed by atoms with E-state index < -0.39 is 0 Å². The van der Waals surface area contributed by atoms with Crippen molar-refractivity contribution in [2.45, 2.75) is 32.1 Å². The first-order valence-corrected chi connectivity index (χ1v) is 4.69. The van der Waals surface area contributed by atoms with Crippen molar-refractivity contribution in [2.24, 2.45) is 5.92 Å². The molecule has 0 saturated heterocycles. The summed E-state index contributed by atoms with van der Waals surface area (Å²) in [6.45, 7) is 0.919. The molecule has 0 aromatic heterocycles. The van der Waals surface area contributed by atoms with Crippen molar-refractivity contribution in [3.63, 3.8) is 0 Å². The maximum Gasteiger partial charge on any atom is 0.185 e. The second-order valence-electron chi connectivity index (χ2n) is 3.21. The molecule has 0 unspecified atom stereocenters. The fourth-order valence-corrected chi connectivity index (χ4v) is 1.71. The number of thiocarbonyl (C=S) groups is 1. The summed E-state index contributed by atoms with van der Waals surface area (Å²) >= 11 is 4.62. The third kappa shape index (κ3) is 3.56. The normalized spacial score (nSPS) is 19.6. The van der Waals surface area contributed by atoms with Crippen molar-refractivity contribution < 1.29 is 0 Å². The predicted molar refractivity (Wildman–Crippen MR) is 50.3 cm³/mol. The molecule has 0 amide bonds.